The van der Waals surface area contributed by atoms with Gasteiger partial charge in [0.2, 0.25) is 0 Å². The van der Waals surface area contributed by atoms with E-state index in [2.05, 4.69) is 46.6 Å². The molecule has 0 radical (unpaired) electrons. The number of methoxy groups -OCH3 is 1. The highest BCUT2D eigenvalue weighted by atomic mass is 16.5. The average molecular weight is 293 g/mol. The summed E-state index contributed by atoms with van der Waals surface area (Å²) in [5.74, 6) is 0.853. The molecule has 1 heterocycles. The van der Waals surface area contributed by atoms with Crippen molar-refractivity contribution in [1.29, 1.82) is 0 Å². The zero-order valence-electron chi connectivity index (χ0n) is 13.7. The van der Waals surface area contributed by atoms with Crippen LogP contribution in [0.4, 0.5) is 0 Å². The number of rotatable bonds is 5. The summed E-state index contributed by atoms with van der Waals surface area (Å²) in [6.45, 7) is 10.0. The Morgan fingerprint density at radius 2 is 2.33 bits per heavy atom. The number of aromatic nitrogens is 2. The molecule has 0 spiro atoms. The van der Waals surface area contributed by atoms with E-state index >= 15 is 0 Å². The molecule has 0 bridgehead atoms. The van der Waals surface area contributed by atoms with Crippen molar-refractivity contribution in [2.45, 2.75) is 52.8 Å². The molecule has 2 atom stereocenters. The monoisotopic (exact) mass is 293 g/mol. The van der Waals surface area contributed by atoms with Crippen LogP contribution in [0.5, 0.6) is 0 Å². The summed E-state index contributed by atoms with van der Waals surface area (Å²) in [4.78, 5) is 4.65. The summed E-state index contributed by atoms with van der Waals surface area (Å²) in [6.07, 6.45) is 3.16. The van der Waals surface area contributed by atoms with Crippen LogP contribution in [0.25, 0.3) is 0 Å². The number of ether oxygens (including phenoxy) is 1. The van der Waals surface area contributed by atoms with Gasteiger partial charge >= 0.3 is 0 Å². The molecule has 21 heavy (non-hydrogen) atoms. The fraction of sp³-hybridized carbons (Fsp3) is 0.733. The van der Waals surface area contributed by atoms with Crippen molar-refractivity contribution < 1.29 is 4.74 Å². The lowest BCUT2D eigenvalue weighted by atomic mass is 9.64. The third kappa shape index (κ3) is 3.37. The molecule has 1 saturated carbocycles. The third-order valence-corrected chi connectivity index (χ3v) is 4.46. The van der Waals surface area contributed by atoms with E-state index in [-0.39, 0.29) is 5.41 Å². The minimum absolute atomic E-state index is 0.122. The first kappa shape index (κ1) is 15.8. The highest BCUT2D eigenvalue weighted by Gasteiger charge is 2.48. The first-order valence-corrected chi connectivity index (χ1v) is 7.55. The minimum atomic E-state index is 0.122. The van der Waals surface area contributed by atoms with E-state index in [1.807, 2.05) is 13.1 Å². The van der Waals surface area contributed by atoms with E-state index in [0.717, 1.165) is 30.2 Å². The van der Waals surface area contributed by atoms with Gasteiger partial charge in [0.25, 0.3) is 0 Å². The van der Waals surface area contributed by atoms with Crippen LogP contribution >= 0.6 is 0 Å². The quantitative estimate of drug-likeness (QED) is 0.569. The van der Waals surface area contributed by atoms with Crippen molar-refractivity contribution in [2.75, 3.05) is 13.7 Å². The molecule has 1 aliphatic rings. The fourth-order valence-corrected chi connectivity index (χ4v) is 2.71. The molecule has 1 aromatic heterocycles. The maximum atomic E-state index is 5.50. The molecule has 0 amide bonds. The summed E-state index contributed by atoms with van der Waals surface area (Å²) in [5.41, 5.74) is 2.31. The molecule has 1 fully saturated rings. The predicted molar refractivity (Wildman–Crippen MR) is 84.3 cm³/mol. The van der Waals surface area contributed by atoms with E-state index in [1.165, 1.54) is 0 Å². The number of hydrogen-bond donors (Lipinski definition) is 3. The van der Waals surface area contributed by atoms with Crippen LogP contribution in [0, 0.1) is 12.3 Å². The minimum Gasteiger partial charge on any atom is -0.381 e. The Hall–Kier alpha value is -1.56. The van der Waals surface area contributed by atoms with E-state index in [9.17, 15) is 0 Å². The normalized spacial score (nSPS) is 24.5. The van der Waals surface area contributed by atoms with Gasteiger partial charge in [0, 0.05) is 36.4 Å². The molecule has 0 saturated heterocycles. The summed E-state index contributed by atoms with van der Waals surface area (Å²) >= 11 is 0. The van der Waals surface area contributed by atoms with E-state index in [1.54, 1.807) is 7.11 Å². The second-order valence-electron chi connectivity index (χ2n) is 6.19. The number of H-pyrrole nitrogens is 1. The smallest absolute Gasteiger partial charge is 0.191 e. The van der Waals surface area contributed by atoms with Crippen molar-refractivity contribution in [3.8, 4) is 0 Å². The van der Waals surface area contributed by atoms with Gasteiger partial charge in [-0.2, -0.15) is 5.10 Å². The van der Waals surface area contributed by atoms with Crippen molar-refractivity contribution in [3.05, 3.63) is 17.5 Å². The SMILES string of the molecule is CCNC(=NCc1cn[nH]c1C)NC1CC(OC)C1(C)C. The van der Waals surface area contributed by atoms with Gasteiger partial charge in [-0.25, -0.2) is 4.99 Å². The van der Waals surface area contributed by atoms with Crippen LogP contribution < -0.4 is 10.6 Å². The van der Waals surface area contributed by atoms with Crippen molar-refractivity contribution >= 4 is 5.96 Å². The first-order valence-electron chi connectivity index (χ1n) is 7.55. The summed E-state index contributed by atoms with van der Waals surface area (Å²) in [6, 6.07) is 0.380. The highest BCUT2D eigenvalue weighted by Crippen LogP contribution is 2.42. The zero-order valence-corrected chi connectivity index (χ0v) is 13.7. The van der Waals surface area contributed by atoms with E-state index in [0.29, 0.717) is 18.7 Å². The van der Waals surface area contributed by atoms with E-state index in [4.69, 9.17) is 4.74 Å². The number of hydrogen-bond acceptors (Lipinski definition) is 3. The Labute approximate surface area is 126 Å². The van der Waals surface area contributed by atoms with Crippen LogP contribution in [0.2, 0.25) is 0 Å². The predicted octanol–water partition coefficient (Wildman–Crippen LogP) is 1.59. The second kappa shape index (κ2) is 6.47. The Morgan fingerprint density at radius 1 is 1.57 bits per heavy atom. The summed E-state index contributed by atoms with van der Waals surface area (Å²) in [7, 11) is 1.78. The number of aromatic amines is 1. The van der Waals surface area contributed by atoms with Crippen LogP contribution in [-0.2, 0) is 11.3 Å². The molecule has 1 aromatic rings. The van der Waals surface area contributed by atoms with Crippen LogP contribution in [0.15, 0.2) is 11.2 Å². The lowest BCUT2D eigenvalue weighted by Crippen LogP contribution is -2.63. The van der Waals surface area contributed by atoms with Gasteiger partial charge in [-0.05, 0) is 20.3 Å². The molecule has 118 valence electrons. The molecule has 0 aliphatic heterocycles. The fourth-order valence-electron chi connectivity index (χ4n) is 2.71. The molecule has 2 rings (SSSR count). The zero-order chi connectivity index (χ0) is 15.5. The number of aliphatic imine (C=N–C) groups is 1. The standard InChI is InChI=1S/C15H27N5O/c1-6-16-14(17-8-11-9-18-20-10(11)2)19-12-7-13(21-5)15(12,3)4/h9,12-13H,6-8H2,1-5H3,(H,18,20)(H2,16,17,19). The van der Waals surface area contributed by atoms with Crippen LogP contribution in [0.3, 0.4) is 0 Å². The third-order valence-electron chi connectivity index (χ3n) is 4.46. The van der Waals surface area contributed by atoms with Crippen molar-refractivity contribution in [2.24, 2.45) is 10.4 Å². The Kier molecular flexibility index (Phi) is 4.88. The Morgan fingerprint density at radius 3 is 2.86 bits per heavy atom. The number of nitrogens with one attached hydrogen (secondary N) is 3. The topological polar surface area (TPSA) is 74.3 Å². The van der Waals surface area contributed by atoms with Crippen LogP contribution in [0.1, 0.15) is 38.4 Å². The Balaban J connectivity index is 1.98. The second-order valence-corrected chi connectivity index (χ2v) is 6.19. The highest BCUT2D eigenvalue weighted by molar-refractivity contribution is 5.80. The molecular formula is C15H27N5O. The summed E-state index contributed by atoms with van der Waals surface area (Å²) < 4.78 is 5.50. The van der Waals surface area contributed by atoms with Crippen molar-refractivity contribution in [1.82, 2.24) is 20.8 Å². The van der Waals surface area contributed by atoms with Gasteiger partial charge in [-0.3, -0.25) is 5.10 Å². The van der Waals surface area contributed by atoms with E-state index < -0.39 is 0 Å². The number of guanidine groups is 1. The largest absolute Gasteiger partial charge is 0.381 e. The molecule has 6 nitrogen and oxygen atoms in total. The average Bonchev–Trinajstić information content (AvgIpc) is 2.85. The molecule has 2 unspecified atom stereocenters. The lowest BCUT2D eigenvalue weighted by Gasteiger charge is -2.51. The lowest BCUT2D eigenvalue weighted by molar-refractivity contribution is -0.0922. The van der Waals surface area contributed by atoms with Gasteiger partial charge < -0.3 is 15.4 Å². The van der Waals surface area contributed by atoms with Gasteiger partial charge in [0.1, 0.15) is 0 Å². The molecule has 0 aromatic carbocycles. The molecule has 1 aliphatic carbocycles. The van der Waals surface area contributed by atoms with Crippen molar-refractivity contribution in [3.63, 3.8) is 0 Å². The number of aryl methyl sites for hydroxylation is 1. The molecular weight excluding hydrogens is 266 g/mol. The molecule has 3 N–H and O–H groups in total. The van der Waals surface area contributed by atoms with Gasteiger partial charge in [0.05, 0.1) is 18.8 Å². The number of nitrogens with zero attached hydrogens (tertiary/aromatic N) is 2. The van der Waals surface area contributed by atoms with Crippen LogP contribution in [-0.4, -0.2) is 42.0 Å². The maximum Gasteiger partial charge on any atom is 0.191 e. The van der Waals surface area contributed by atoms with Gasteiger partial charge in [-0.15, -0.1) is 0 Å². The molecule has 6 heteroatoms. The van der Waals surface area contributed by atoms with Gasteiger partial charge in [0.15, 0.2) is 5.96 Å². The van der Waals surface area contributed by atoms with Gasteiger partial charge in [-0.1, -0.05) is 13.8 Å². The maximum absolute atomic E-state index is 5.50. The summed E-state index contributed by atoms with van der Waals surface area (Å²) in [5, 5.41) is 13.8. The first-order chi connectivity index (χ1) is 9.98. The Bertz CT molecular complexity index is 494.